The molecule has 1 fully saturated rings. The molecule has 1 rings (SSSR count). The van der Waals surface area contributed by atoms with E-state index in [0.29, 0.717) is 6.04 Å². The lowest BCUT2D eigenvalue weighted by atomic mass is 9.85. The fourth-order valence-electron chi connectivity index (χ4n) is 2.75. The minimum Gasteiger partial charge on any atom is -0.327 e. The molecule has 0 bridgehead atoms. The van der Waals surface area contributed by atoms with Crippen molar-refractivity contribution in [3.63, 3.8) is 0 Å². The van der Waals surface area contributed by atoms with Gasteiger partial charge < -0.3 is 10.6 Å². The molecule has 2 heteroatoms. The first-order valence-electron chi connectivity index (χ1n) is 7.44. The Labute approximate surface area is 108 Å². The normalized spacial score (nSPS) is 24.9. The molecule has 2 unspecified atom stereocenters. The largest absolute Gasteiger partial charge is 0.327 e. The number of likely N-dealkylation sites (tertiary alicyclic amines) is 1. The molecule has 2 N–H and O–H groups in total. The third-order valence-electron chi connectivity index (χ3n) is 4.21. The van der Waals surface area contributed by atoms with Crippen LogP contribution >= 0.6 is 0 Å². The fourth-order valence-corrected chi connectivity index (χ4v) is 2.75. The lowest BCUT2D eigenvalue weighted by Crippen LogP contribution is -2.44. The van der Waals surface area contributed by atoms with Crippen LogP contribution in [0.25, 0.3) is 0 Å². The fraction of sp³-hybridized carbons (Fsp3) is 1.00. The molecular formula is C15H32N2. The highest BCUT2D eigenvalue weighted by Crippen LogP contribution is 2.24. The molecule has 0 aromatic rings. The van der Waals surface area contributed by atoms with Crippen molar-refractivity contribution in [1.82, 2.24) is 4.90 Å². The van der Waals surface area contributed by atoms with E-state index in [1.54, 1.807) is 0 Å². The number of hydrogen-bond donors (Lipinski definition) is 1. The zero-order valence-corrected chi connectivity index (χ0v) is 12.3. The SMILES string of the molecule is CCCC1CCCCN1CCC(N)C(C)(C)C. The second kappa shape index (κ2) is 6.75. The lowest BCUT2D eigenvalue weighted by Gasteiger charge is -2.37. The Morgan fingerprint density at radius 2 is 2.00 bits per heavy atom. The second-order valence-corrected chi connectivity index (χ2v) is 6.74. The van der Waals surface area contributed by atoms with Crippen LogP contribution in [-0.4, -0.2) is 30.1 Å². The summed E-state index contributed by atoms with van der Waals surface area (Å²) < 4.78 is 0. The Bertz CT molecular complexity index is 205. The van der Waals surface area contributed by atoms with E-state index in [1.165, 1.54) is 45.2 Å². The Morgan fingerprint density at radius 1 is 1.29 bits per heavy atom. The summed E-state index contributed by atoms with van der Waals surface area (Å²) in [6.45, 7) is 11.5. The van der Waals surface area contributed by atoms with E-state index in [0.717, 1.165) is 12.5 Å². The molecule has 1 aliphatic heterocycles. The van der Waals surface area contributed by atoms with Gasteiger partial charge >= 0.3 is 0 Å². The van der Waals surface area contributed by atoms with Crippen LogP contribution in [0.15, 0.2) is 0 Å². The summed E-state index contributed by atoms with van der Waals surface area (Å²) in [5, 5.41) is 0. The van der Waals surface area contributed by atoms with Gasteiger partial charge in [0.05, 0.1) is 0 Å². The highest BCUT2D eigenvalue weighted by molar-refractivity contribution is 4.81. The van der Waals surface area contributed by atoms with Gasteiger partial charge in [0.15, 0.2) is 0 Å². The summed E-state index contributed by atoms with van der Waals surface area (Å²) in [6, 6.07) is 1.16. The Hall–Kier alpha value is -0.0800. The van der Waals surface area contributed by atoms with Gasteiger partial charge in [-0.2, -0.15) is 0 Å². The van der Waals surface area contributed by atoms with E-state index in [4.69, 9.17) is 5.73 Å². The van der Waals surface area contributed by atoms with Gasteiger partial charge in [0.1, 0.15) is 0 Å². The molecular weight excluding hydrogens is 208 g/mol. The van der Waals surface area contributed by atoms with E-state index >= 15 is 0 Å². The zero-order valence-electron chi connectivity index (χ0n) is 12.3. The molecule has 0 aromatic carbocycles. The predicted octanol–water partition coefficient (Wildman–Crippen LogP) is 3.40. The number of nitrogens with zero attached hydrogens (tertiary/aromatic N) is 1. The van der Waals surface area contributed by atoms with Gasteiger partial charge in [-0.25, -0.2) is 0 Å². The van der Waals surface area contributed by atoms with E-state index in [9.17, 15) is 0 Å². The maximum atomic E-state index is 6.26. The van der Waals surface area contributed by atoms with Crippen molar-refractivity contribution >= 4 is 0 Å². The lowest BCUT2D eigenvalue weighted by molar-refractivity contribution is 0.127. The Morgan fingerprint density at radius 3 is 2.59 bits per heavy atom. The Kier molecular flexibility index (Phi) is 5.94. The molecule has 0 spiro atoms. The van der Waals surface area contributed by atoms with Gasteiger partial charge in [-0.15, -0.1) is 0 Å². The molecule has 1 heterocycles. The summed E-state index contributed by atoms with van der Waals surface area (Å²) in [5.41, 5.74) is 6.51. The van der Waals surface area contributed by atoms with E-state index in [-0.39, 0.29) is 5.41 Å². The van der Waals surface area contributed by atoms with Crippen LogP contribution in [0.4, 0.5) is 0 Å². The molecule has 1 saturated heterocycles. The smallest absolute Gasteiger partial charge is 0.00998 e. The monoisotopic (exact) mass is 240 g/mol. The van der Waals surface area contributed by atoms with E-state index in [2.05, 4.69) is 32.6 Å². The third kappa shape index (κ3) is 4.97. The molecule has 0 aromatic heterocycles. The molecule has 0 saturated carbocycles. The van der Waals surface area contributed by atoms with Gasteiger partial charge in [0, 0.05) is 12.1 Å². The highest BCUT2D eigenvalue weighted by Gasteiger charge is 2.25. The van der Waals surface area contributed by atoms with Crippen LogP contribution < -0.4 is 5.73 Å². The number of hydrogen-bond acceptors (Lipinski definition) is 2. The standard InChI is InChI=1S/C15H32N2/c1-5-8-13-9-6-7-11-17(13)12-10-14(16)15(2,3)4/h13-14H,5-12,16H2,1-4H3. The van der Waals surface area contributed by atoms with Gasteiger partial charge in [0.2, 0.25) is 0 Å². The van der Waals surface area contributed by atoms with Crippen molar-refractivity contribution in [2.24, 2.45) is 11.1 Å². The first-order chi connectivity index (χ1) is 7.95. The number of rotatable bonds is 5. The molecule has 2 atom stereocenters. The highest BCUT2D eigenvalue weighted by atomic mass is 15.2. The molecule has 1 aliphatic rings. The average Bonchev–Trinajstić information content (AvgIpc) is 2.26. The summed E-state index contributed by atoms with van der Waals surface area (Å²) in [5.74, 6) is 0. The van der Waals surface area contributed by atoms with Gasteiger partial charge in [-0.1, -0.05) is 40.5 Å². The summed E-state index contributed by atoms with van der Waals surface area (Å²) in [4.78, 5) is 2.69. The van der Waals surface area contributed by atoms with Crippen LogP contribution in [0.3, 0.4) is 0 Å². The molecule has 2 nitrogen and oxygen atoms in total. The molecule has 0 aliphatic carbocycles. The average molecular weight is 240 g/mol. The summed E-state index contributed by atoms with van der Waals surface area (Å²) in [7, 11) is 0. The van der Waals surface area contributed by atoms with Crippen LogP contribution in [0.2, 0.25) is 0 Å². The maximum Gasteiger partial charge on any atom is 0.00998 e. The van der Waals surface area contributed by atoms with Crippen LogP contribution in [0, 0.1) is 5.41 Å². The van der Waals surface area contributed by atoms with Gasteiger partial charge in [-0.05, 0) is 44.2 Å². The van der Waals surface area contributed by atoms with Crippen LogP contribution in [0.5, 0.6) is 0 Å². The van der Waals surface area contributed by atoms with Crippen LogP contribution in [-0.2, 0) is 0 Å². The minimum absolute atomic E-state index is 0.246. The van der Waals surface area contributed by atoms with Crippen molar-refractivity contribution in [3.8, 4) is 0 Å². The topological polar surface area (TPSA) is 29.3 Å². The maximum absolute atomic E-state index is 6.26. The summed E-state index contributed by atoms with van der Waals surface area (Å²) >= 11 is 0. The minimum atomic E-state index is 0.246. The van der Waals surface area contributed by atoms with Gasteiger partial charge in [0.25, 0.3) is 0 Å². The first kappa shape index (κ1) is 15.0. The van der Waals surface area contributed by atoms with E-state index < -0.39 is 0 Å². The number of piperidine rings is 1. The van der Waals surface area contributed by atoms with Crippen molar-refractivity contribution in [2.45, 2.75) is 78.3 Å². The molecule has 17 heavy (non-hydrogen) atoms. The molecule has 102 valence electrons. The number of nitrogens with two attached hydrogens (primary N) is 1. The van der Waals surface area contributed by atoms with E-state index in [1.807, 2.05) is 0 Å². The predicted molar refractivity (Wildman–Crippen MR) is 76.2 cm³/mol. The third-order valence-corrected chi connectivity index (χ3v) is 4.21. The first-order valence-corrected chi connectivity index (χ1v) is 7.44. The van der Waals surface area contributed by atoms with Crippen molar-refractivity contribution < 1.29 is 0 Å². The summed E-state index contributed by atoms with van der Waals surface area (Å²) in [6.07, 6.45) is 8.02. The molecule has 0 radical (unpaired) electrons. The quantitative estimate of drug-likeness (QED) is 0.798. The molecule has 0 amide bonds. The van der Waals surface area contributed by atoms with Crippen molar-refractivity contribution in [3.05, 3.63) is 0 Å². The van der Waals surface area contributed by atoms with Gasteiger partial charge in [-0.3, -0.25) is 0 Å². The zero-order chi connectivity index (χ0) is 12.9. The Balaban J connectivity index is 2.37. The second-order valence-electron chi connectivity index (χ2n) is 6.74. The van der Waals surface area contributed by atoms with Crippen molar-refractivity contribution in [2.75, 3.05) is 13.1 Å². The van der Waals surface area contributed by atoms with Crippen LogP contribution in [0.1, 0.15) is 66.2 Å². The van der Waals surface area contributed by atoms with Crippen molar-refractivity contribution in [1.29, 1.82) is 0 Å².